The summed E-state index contributed by atoms with van der Waals surface area (Å²) in [6.45, 7) is 3.47. The Morgan fingerprint density at radius 3 is 3.07 bits per heavy atom. The second-order valence-electron chi connectivity index (χ2n) is 4.33. The van der Waals surface area contributed by atoms with Crippen LogP contribution in [0.25, 0.3) is 0 Å². The molecule has 0 heterocycles. The van der Waals surface area contributed by atoms with Crippen molar-refractivity contribution in [3.63, 3.8) is 0 Å². The summed E-state index contributed by atoms with van der Waals surface area (Å²) in [4.78, 5) is 11.2. The lowest BCUT2D eigenvalue weighted by Crippen LogP contribution is -2.26. The minimum absolute atomic E-state index is 0.0492. The van der Waals surface area contributed by atoms with Crippen molar-refractivity contribution in [2.24, 2.45) is 5.92 Å². The zero-order valence-electron chi connectivity index (χ0n) is 8.44. The molecule has 1 aromatic carbocycles. The summed E-state index contributed by atoms with van der Waals surface area (Å²) in [5.41, 5.74) is 2.88. The van der Waals surface area contributed by atoms with Crippen LogP contribution in [-0.2, 0) is 11.2 Å². The van der Waals surface area contributed by atoms with Gasteiger partial charge in [0.15, 0.2) is 0 Å². The predicted molar refractivity (Wildman–Crippen MR) is 58.5 cm³/mol. The summed E-state index contributed by atoms with van der Waals surface area (Å²) in [6, 6.07) is 8.88. The topological polar surface area (TPSA) is 29.1 Å². The second kappa shape index (κ2) is 2.96. The Morgan fingerprint density at radius 1 is 1.47 bits per heavy atom. The molecular weight excluding hydrogens is 186 g/mol. The molecule has 0 saturated heterocycles. The summed E-state index contributed by atoms with van der Waals surface area (Å²) in [5.74, 6) is 1.14. The number of fused-ring (bicyclic) bond motifs is 3. The first-order valence-electron chi connectivity index (χ1n) is 5.32. The number of amides is 1. The van der Waals surface area contributed by atoms with Gasteiger partial charge in [0.25, 0.3) is 0 Å². The lowest BCUT2D eigenvalue weighted by molar-refractivity contribution is -0.116. The lowest BCUT2D eigenvalue weighted by atomic mass is 10.1. The normalized spacial score (nSPS) is 30.3. The molecule has 0 bridgehead atoms. The third-order valence-electron chi connectivity index (χ3n) is 3.53. The number of hydrogen-bond donors (Lipinski definition) is 1. The molecule has 2 heteroatoms. The van der Waals surface area contributed by atoms with E-state index in [4.69, 9.17) is 0 Å². The molecule has 3 unspecified atom stereocenters. The number of benzene rings is 1. The molecule has 1 N–H and O–H groups in total. The number of rotatable bonds is 2. The van der Waals surface area contributed by atoms with Crippen molar-refractivity contribution in [3.8, 4) is 0 Å². The lowest BCUT2D eigenvalue weighted by Gasteiger charge is -2.07. The fourth-order valence-electron chi connectivity index (χ4n) is 2.77. The standard InChI is InChI=1S/C13H13NO/c1-2-11(15)14-13-10-7-8-5-3-4-6-9(8)12(10)13/h2-6,10,12-13H,1,7H2,(H,14,15). The maximum atomic E-state index is 11.2. The highest BCUT2D eigenvalue weighted by molar-refractivity contribution is 5.87. The van der Waals surface area contributed by atoms with Crippen molar-refractivity contribution in [3.05, 3.63) is 48.0 Å². The quantitative estimate of drug-likeness (QED) is 0.721. The average Bonchev–Trinajstić information content (AvgIpc) is 2.77. The van der Waals surface area contributed by atoms with Gasteiger partial charge < -0.3 is 5.32 Å². The fourth-order valence-corrected chi connectivity index (χ4v) is 2.77. The summed E-state index contributed by atoms with van der Waals surface area (Å²) < 4.78 is 0. The van der Waals surface area contributed by atoms with Crippen LogP contribution in [0.4, 0.5) is 0 Å². The van der Waals surface area contributed by atoms with E-state index in [1.165, 1.54) is 17.2 Å². The minimum Gasteiger partial charge on any atom is -0.349 e. The number of hydrogen-bond acceptors (Lipinski definition) is 1. The highest BCUT2D eigenvalue weighted by Gasteiger charge is 2.55. The highest BCUT2D eigenvalue weighted by Crippen LogP contribution is 2.56. The van der Waals surface area contributed by atoms with Gasteiger partial charge in [0, 0.05) is 12.0 Å². The first-order chi connectivity index (χ1) is 7.31. The van der Waals surface area contributed by atoms with Crippen LogP contribution in [0, 0.1) is 5.92 Å². The fraction of sp³-hybridized carbons (Fsp3) is 0.308. The van der Waals surface area contributed by atoms with E-state index in [2.05, 4.69) is 36.2 Å². The van der Waals surface area contributed by atoms with Crippen molar-refractivity contribution < 1.29 is 4.79 Å². The van der Waals surface area contributed by atoms with Crippen LogP contribution in [0.2, 0.25) is 0 Å². The third kappa shape index (κ3) is 1.21. The highest BCUT2D eigenvalue weighted by atomic mass is 16.1. The third-order valence-corrected chi connectivity index (χ3v) is 3.53. The van der Waals surface area contributed by atoms with E-state index in [-0.39, 0.29) is 5.91 Å². The minimum atomic E-state index is -0.0492. The Morgan fingerprint density at radius 2 is 2.27 bits per heavy atom. The van der Waals surface area contributed by atoms with E-state index in [1.807, 2.05) is 0 Å². The molecule has 0 radical (unpaired) electrons. The van der Waals surface area contributed by atoms with E-state index in [9.17, 15) is 4.79 Å². The van der Waals surface area contributed by atoms with Gasteiger partial charge in [-0.1, -0.05) is 30.8 Å². The zero-order valence-corrected chi connectivity index (χ0v) is 8.44. The smallest absolute Gasteiger partial charge is 0.243 e. The molecular formula is C13H13NO. The summed E-state index contributed by atoms with van der Waals surface area (Å²) in [6.07, 6.45) is 2.46. The van der Waals surface area contributed by atoms with Gasteiger partial charge in [-0.2, -0.15) is 0 Å². The molecule has 2 aliphatic rings. The second-order valence-corrected chi connectivity index (χ2v) is 4.33. The molecule has 2 nitrogen and oxygen atoms in total. The molecule has 0 aromatic heterocycles. The summed E-state index contributed by atoms with van der Waals surface area (Å²) >= 11 is 0. The number of nitrogens with one attached hydrogen (secondary N) is 1. The average molecular weight is 199 g/mol. The molecule has 1 saturated carbocycles. The Balaban J connectivity index is 1.78. The molecule has 76 valence electrons. The number of carbonyl (C=O) groups excluding carboxylic acids is 1. The van der Waals surface area contributed by atoms with Crippen molar-refractivity contribution in [1.82, 2.24) is 5.32 Å². The maximum Gasteiger partial charge on any atom is 0.243 e. The molecule has 0 spiro atoms. The van der Waals surface area contributed by atoms with E-state index >= 15 is 0 Å². The van der Waals surface area contributed by atoms with Gasteiger partial charge in [-0.05, 0) is 29.5 Å². The van der Waals surface area contributed by atoms with Gasteiger partial charge in [-0.3, -0.25) is 4.79 Å². The molecule has 0 aliphatic heterocycles. The van der Waals surface area contributed by atoms with Crippen molar-refractivity contribution in [2.75, 3.05) is 0 Å². The molecule has 2 aliphatic carbocycles. The Hall–Kier alpha value is -1.57. The molecule has 1 fully saturated rings. The summed E-state index contributed by atoms with van der Waals surface area (Å²) in [5, 5.41) is 2.99. The first-order valence-corrected chi connectivity index (χ1v) is 5.32. The Bertz CT molecular complexity index is 438. The van der Waals surface area contributed by atoms with Crippen LogP contribution < -0.4 is 5.32 Å². The first kappa shape index (κ1) is 8.72. The monoisotopic (exact) mass is 199 g/mol. The van der Waals surface area contributed by atoms with Gasteiger partial charge >= 0.3 is 0 Å². The van der Waals surface area contributed by atoms with Crippen molar-refractivity contribution >= 4 is 5.91 Å². The molecule has 3 rings (SSSR count). The largest absolute Gasteiger partial charge is 0.349 e. The van der Waals surface area contributed by atoms with Crippen LogP contribution in [0.5, 0.6) is 0 Å². The Labute approximate surface area is 89.0 Å². The van der Waals surface area contributed by atoms with Gasteiger partial charge in [0.1, 0.15) is 0 Å². The van der Waals surface area contributed by atoms with Gasteiger partial charge in [0.2, 0.25) is 5.91 Å². The van der Waals surface area contributed by atoms with Crippen LogP contribution in [0.3, 0.4) is 0 Å². The van der Waals surface area contributed by atoms with Gasteiger partial charge in [-0.15, -0.1) is 0 Å². The Kier molecular flexibility index (Phi) is 1.72. The van der Waals surface area contributed by atoms with E-state index in [0.29, 0.717) is 17.9 Å². The predicted octanol–water partition coefficient (Wildman–Crippen LogP) is 1.63. The van der Waals surface area contributed by atoms with Gasteiger partial charge in [-0.25, -0.2) is 0 Å². The van der Waals surface area contributed by atoms with Crippen LogP contribution in [-0.4, -0.2) is 11.9 Å². The van der Waals surface area contributed by atoms with Crippen LogP contribution in [0.1, 0.15) is 17.0 Å². The van der Waals surface area contributed by atoms with E-state index in [0.717, 1.165) is 6.42 Å². The summed E-state index contributed by atoms with van der Waals surface area (Å²) in [7, 11) is 0. The number of carbonyl (C=O) groups is 1. The molecule has 3 atom stereocenters. The molecule has 1 amide bonds. The SMILES string of the molecule is C=CC(=O)NC1C2Cc3ccccc3C21. The van der Waals surface area contributed by atoms with Crippen LogP contribution >= 0.6 is 0 Å². The molecule has 15 heavy (non-hydrogen) atoms. The molecule has 1 aromatic rings. The van der Waals surface area contributed by atoms with E-state index < -0.39 is 0 Å². The maximum absolute atomic E-state index is 11.2. The van der Waals surface area contributed by atoms with Crippen LogP contribution in [0.15, 0.2) is 36.9 Å². The van der Waals surface area contributed by atoms with Gasteiger partial charge in [0.05, 0.1) is 0 Å². The van der Waals surface area contributed by atoms with Crippen molar-refractivity contribution in [1.29, 1.82) is 0 Å². The van der Waals surface area contributed by atoms with Crippen molar-refractivity contribution in [2.45, 2.75) is 18.4 Å². The van der Waals surface area contributed by atoms with E-state index in [1.54, 1.807) is 0 Å². The zero-order chi connectivity index (χ0) is 10.4.